The van der Waals surface area contributed by atoms with Crippen molar-refractivity contribution in [2.45, 2.75) is 50.6 Å². The third-order valence-electron chi connectivity index (χ3n) is 6.73. The number of likely N-dealkylation sites (tertiary alicyclic amines) is 1. The van der Waals surface area contributed by atoms with E-state index in [1.165, 1.54) is 19.3 Å². The van der Waals surface area contributed by atoms with Crippen molar-refractivity contribution in [2.24, 2.45) is 11.1 Å². The van der Waals surface area contributed by atoms with Gasteiger partial charge in [0.25, 0.3) is 11.5 Å². The van der Waals surface area contributed by atoms with Gasteiger partial charge in [-0.15, -0.1) is 0 Å². The Morgan fingerprint density at radius 3 is 2.70 bits per heavy atom. The van der Waals surface area contributed by atoms with E-state index in [1.54, 1.807) is 16.8 Å². The van der Waals surface area contributed by atoms with Gasteiger partial charge in [0.2, 0.25) is 0 Å². The minimum Gasteiger partial charge on any atom is -0.381 e. The SMILES string of the molecule is CN1CCC[C@]2(CC[C@H]2Nc2cc(=O)n(C3CCOCC3)cc2C(N)=O)C1. The molecule has 3 N–H and O–H groups in total. The number of nitrogens with zero attached hydrogens (tertiary/aromatic N) is 2. The second-order valence-corrected chi connectivity index (χ2v) is 8.49. The minimum atomic E-state index is -0.493. The van der Waals surface area contributed by atoms with Gasteiger partial charge in [0.15, 0.2) is 0 Å². The molecule has 4 rings (SSSR count). The van der Waals surface area contributed by atoms with Crippen LogP contribution in [0.5, 0.6) is 0 Å². The third kappa shape index (κ3) is 3.50. The predicted molar refractivity (Wildman–Crippen MR) is 104 cm³/mol. The molecule has 148 valence electrons. The van der Waals surface area contributed by atoms with Crippen LogP contribution in [0, 0.1) is 5.41 Å². The molecule has 3 fully saturated rings. The van der Waals surface area contributed by atoms with E-state index < -0.39 is 5.91 Å². The first-order valence-electron chi connectivity index (χ1n) is 10.1. The Hall–Kier alpha value is -1.86. The van der Waals surface area contributed by atoms with E-state index in [2.05, 4.69) is 17.3 Å². The van der Waals surface area contributed by atoms with Crippen molar-refractivity contribution < 1.29 is 9.53 Å². The quantitative estimate of drug-likeness (QED) is 0.835. The average Bonchev–Trinajstić information content (AvgIpc) is 2.65. The Balaban J connectivity index is 1.60. The summed E-state index contributed by atoms with van der Waals surface area (Å²) in [6.45, 7) is 3.49. The van der Waals surface area contributed by atoms with Gasteiger partial charge in [0, 0.05) is 49.5 Å². The van der Waals surface area contributed by atoms with Gasteiger partial charge in [-0.3, -0.25) is 9.59 Å². The summed E-state index contributed by atoms with van der Waals surface area (Å²) in [5.74, 6) is -0.493. The topological polar surface area (TPSA) is 89.6 Å². The molecule has 7 nitrogen and oxygen atoms in total. The van der Waals surface area contributed by atoms with E-state index in [4.69, 9.17) is 10.5 Å². The maximum atomic E-state index is 12.7. The summed E-state index contributed by atoms with van der Waals surface area (Å²) in [6.07, 6.45) is 7.87. The standard InChI is InChI=1S/C20H30N4O3/c1-23-8-2-6-20(13-23)7-3-17(20)22-16-11-18(25)24(12-15(16)19(21)26)14-4-9-27-10-5-14/h11-12,14,17,22H,2-10,13H2,1H3,(H2,21,26)/t17-,20+/m1/s1. The largest absolute Gasteiger partial charge is 0.381 e. The number of rotatable bonds is 4. The lowest BCUT2D eigenvalue weighted by molar-refractivity contribution is 0.0175. The number of nitrogens with one attached hydrogen (secondary N) is 1. The molecular formula is C20H30N4O3. The highest BCUT2D eigenvalue weighted by molar-refractivity contribution is 5.98. The van der Waals surface area contributed by atoms with Crippen molar-refractivity contribution in [1.82, 2.24) is 9.47 Å². The number of nitrogens with two attached hydrogens (primary N) is 1. The zero-order chi connectivity index (χ0) is 19.0. The molecule has 1 aromatic rings. The molecule has 27 heavy (non-hydrogen) atoms. The summed E-state index contributed by atoms with van der Waals surface area (Å²) >= 11 is 0. The maximum Gasteiger partial charge on any atom is 0.252 e. The molecule has 1 saturated carbocycles. The Morgan fingerprint density at radius 2 is 2.07 bits per heavy atom. The van der Waals surface area contributed by atoms with Crippen molar-refractivity contribution in [3.8, 4) is 0 Å². The van der Waals surface area contributed by atoms with Crippen LogP contribution in [0.1, 0.15) is 54.9 Å². The van der Waals surface area contributed by atoms with Crippen LogP contribution < -0.4 is 16.6 Å². The van der Waals surface area contributed by atoms with Crippen LogP contribution in [0.2, 0.25) is 0 Å². The van der Waals surface area contributed by atoms with Crippen LogP contribution in [-0.4, -0.2) is 54.8 Å². The van der Waals surface area contributed by atoms with E-state index in [1.807, 2.05) is 0 Å². The number of amides is 1. The average molecular weight is 374 g/mol. The number of aromatic nitrogens is 1. The van der Waals surface area contributed by atoms with E-state index in [-0.39, 0.29) is 23.1 Å². The summed E-state index contributed by atoms with van der Waals surface area (Å²) in [7, 11) is 2.17. The smallest absolute Gasteiger partial charge is 0.252 e. The zero-order valence-corrected chi connectivity index (χ0v) is 16.1. The highest BCUT2D eigenvalue weighted by Crippen LogP contribution is 2.48. The van der Waals surface area contributed by atoms with Gasteiger partial charge in [-0.1, -0.05) is 0 Å². The van der Waals surface area contributed by atoms with Crippen molar-refractivity contribution in [3.63, 3.8) is 0 Å². The Kier molecular flexibility index (Phi) is 4.99. The van der Waals surface area contributed by atoms with Crippen LogP contribution in [0.25, 0.3) is 0 Å². The molecule has 1 amide bonds. The summed E-state index contributed by atoms with van der Waals surface area (Å²) < 4.78 is 7.05. The summed E-state index contributed by atoms with van der Waals surface area (Å²) in [5.41, 5.74) is 6.83. The van der Waals surface area contributed by atoms with Gasteiger partial charge in [0.05, 0.1) is 11.3 Å². The molecule has 0 aromatic carbocycles. The second-order valence-electron chi connectivity index (χ2n) is 8.49. The van der Waals surface area contributed by atoms with Crippen LogP contribution >= 0.6 is 0 Å². The van der Waals surface area contributed by atoms with E-state index in [9.17, 15) is 9.59 Å². The number of piperidine rings is 1. The maximum absolute atomic E-state index is 12.7. The predicted octanol–water partition coefficient (Wildman–Crippen LogP) is 1.58. The first-order valence-corrected chi connectivity index (χ1v) is 10.1. The minimum absolute atomic E-state index is 0.0699. The van der Waals surface area contributed by atoms with Crippen LogP contribution in [0.3, 0.4) is 0 Å². The number of primary amides is 1. The number of hydrogen-bond acceptors (Lipinski definition) is 5. The molecule has 1 spiro atoms. The number of ether oxygens (including phenoxy) is 1. The summed E-state index contributed by atoms with van der Waals surface area (Å²) in [4.78, 5) is 27.2. The van der Waals surface area contributed by atoms with E-state index in [0.29, 0.717) is 24.5 Å². The molecule has 2 saturated heterocycles. The lowest BCUT2D eigenvalue weighted by Crippen LogP contribution is -2.57. The third-order valence-corrected chi connectivity index (χ3v) is 6.73. The Bertz CT molecular complexity index is 771. The van der Waals surface area contributed by atoms with Gasteiger partial charge in [-0.05, 0) is 52.1 Å². The molecule has 1 aromatic heterocycles. The first kappa shape index (κ1) is 18.5. The van der Waals surface area contributed by atoms with Crippen LogP contribution in [-0.2, 0) is 4.74 Å². The second kappa shape index (κ2) is 7.28. The lowest BCUT2D eigenvalue weighted by atomic mass is 9.60. The number of hydrogen-bond donors (Lipinski definition) is 2. The van der Waals surface area contributed by atoms with Gasteiger partial charge in [-0.2, -0.15) is 0 Å². The molecule has 0 unspecified atom stereocenters. The Morgan fingerprint density at radius 1 is 1.30 bits per heavy atom. The fourth-order valence-electron chi connectivity index (χ4n) is 5.11. The normalized spacial score (nSPS) is 29.4. The fraction of sp³-hybridized carbons (Fsp3) is 0.700. The molecule has 1 aliphatic carbocycles. The molecule has 2 aliphatic heterocycles. The van der Waals surface area contributed by atoms with Crippen molar-refractivity contribution in [3.05, 3.63) is 28.2 Å². The fourth-order valence-corrected chi connectivity index (χ4v) is 5.11. The monoisotopic (exact) mass is 374 g/mol. The first-order chi connectivity index (χ1) is 13.0. The number of anilines is 1. The number of pyridine rings is 1. The highest BCUT2D eigenvalue weighted by atomic mass is 16.5. The van der Waals surface area contributed by atoms with E-state index >= 15 is 0 Å². The van der Waals surface area contributed by atoms with Gasteiger partial charge >= 0.3 is 0 Å². The summed E-state index contributed by atoms with van der Waals surface area (Å²) in [6, 6.07) is 1.92. The molecular weight excluding hydrogens is 344 g/mol. The van der Waals surface area contributed by atoms with Gasteiger partial charge in [0.1, 0.15) is 0 Å². The zero-order valence-electron chi connectivity index (χ0n) is 16.1. The molecule has 0 radical (unpaired) electrons. The number of carbonyl (C=O) groups is 1. The molecule has 3 heterocycles. The number of carbonyl (C=O) groups excluding carboxylic acids is 1. The lowest BCUT2D eigenvalue weighted by Gasteiger charge is -2.54. The van der Waals surface area contributed by atoms with Gasteiger partial charge < -0.3 is 25.3 Å². The van der Waals surface area contributed by atoms with E-state index in [0.717, 1.165) is 32.4 Å². The molecule has 2 atom stereocenters. The van der Waals surface area contributed by atoms with Crippen molar-refractivity contribution >= 4 is 11.6 Å². The molecule has 7 heteroatoms. The summed E-state index contributed by atoms with van der Waals surface area (Å²) in [5, 5.41) is 3.51. The van der Waals surface area contributed by atoms with Gasteiger partial charge in [-0.25, -0.2) is 0 Å². The molecule has 3 aliphatic rings. The molecule has 0 bridgehead atoms. The van der Waals surface area contributed by atoms with Crippen molar-refractivity contribution in [1.29, 1.82) is 0 Å². The van der Waals surface area contributed by atoms with Crippen molar-refractivity contribution in [2.75, 3.05) is 38.7 Å². The van der Waals surface area contributed by atoms with Crippen LogP contribution in [0.15, 0.2) is 17.1 Å². The Labute approximate surface area is 159 Å². The van der Waals surface area contributed by atoms with Crippen LogP contribution in [0.4, 0.5) is 5.69 Å². The highest BCUT2D eigenvalue weighted by Gasteiger charge is 2.48.